The molecule has 0 bridgehead atoms. The summed E-state index contributed by atoms with van der Waals surface area (Å²) in [6.45, 7) is 0. The van der Waals surface area contributed by atoms with E-state index in [0.29, 0.717) is 22.8 Å². The Morgan fingerprint density at radius 3 is 2.78 bits per heavy atom. The Morgan fingerprint density at radius 1 is 1.11 bits per heavy atom. The highest BCUT2D eigenvalue weighted by Crippen LogP contribution is 2.48. The summed E-state index contributed by atoms with van der Waals surface area (Å²) in [6.07, 6.45) is 0.0495. The molecule has 0 radical (unpaired) electrons. The standard InChI is InChI=1S/C20H13ClF2N2OS/c21-12-4-6-18-13(9-12)17-10-16(19-2-1-7-27-19)24-25(17)20(26-18)11-3-5-14(22)15(23)8-11/h1-9,17,20H,10H2/t17-,20+/m1/s1. The predicted molar refractivity (Wildman–Crippen MR) is 101 cm³/mol. The molecule has 0 unspecified atom stereocenters. The van der Waals surface area contributed by atoms with Crippen LogP contribution in [0.25, 0.3) is 0 Å². The van der Waals surface area contributed by atoms with Gasteiger partial charge in [-0.1, -0.05) is 23.7 Å². The third kappa shape index (κ3) is 2.80. The minimum absolute atomic E-state index is 0.0809. The first kappa shape index (κ1) is 16.7. The van der Waals surface area contributed by atoms with Crippen molar-refractivity contribution in [2.45, 2.75) is 18.7 Å². The van der Waals surface area contributed by atoms with Crippen LogP contribution >= 0.6 is 22.9 Å². The molecular formula is C20H13ClF2N2OS. The molecule has 2 aromatic carbocycles. The van der Waals surface area contributed by atoms with Gasteiger partial charge in [0, 0.05) is 22.6 Å². The van der Waals surface area contributed by atoms with Gasteiger partial charge < -0.3 is 4.74 Å². The van der Waals surface area contributed by atoms with Crippen molar-refractivity contribution in [3.63, 3.8) is 0 Å². The van der Waals surface area contributed by atoms with Gasteiger partial charge in [-0.15, -0.1) is 11.3 Å². The lowest BCUT2D eigenvalue weighted by Crippen LogP contribution is -2.33. The van der Waals surface area contributed by atoms with Gasteiger partial charge in [-0.3, -0.25) is 0 Å². The molecule has 2 aliphatic rings. The number of hydrogen-bond donors (Lipinski definition) is 0. The average Bonchev–Trinajstić information content (AvgIpc) is 3.33. The summed E-state index contributed by atoms with van der Waals surface area (Å²) in [7, 11) is 0. The molecule has 5 rings (SSSR count). The Bertz CT molecular complexity index is 1050. The molecule has 136 valence electrons. The Labute approximate surface area is 163 Å². The van der Waals surface area contributed by atoms with Crippen LogP contribution < -0.4 is 4.74 Å². The van der Waals surface area contributed by atoms with Crippen LogP contribution in [0.4, 0.5) is 8.78 Å². The molecule has 0 amide bonds. The molecular weight excluding hydrogens is 390 g/mol. The fourth-order valence-corrected chi connectivity index (χ4v) is 4.44. The van der Waals surface area contributed by atoms with Gasteiger partial charge in [0.25, 0.3) is 0 Å². The van der Waals surface area contributed by atoms with Crippen LogP contribution in [-0.2, 0) is 0 Å². The number of rotatable bonds is 2. The number of thiophene rings is 1. The van der Waals surface area contributed by atoms with E-state index in [2.05, 4.69) is 0 Å². The maximum Gasteiger partial charge on any atom is 0.213 e. The summed E-state index contributed by atoms with van der Waals surface area (Å²) in [6, 6.07) is 13.2. The lowest BCUT2D eigenvalue weighted by atomic mass is 9.97. The molecule has 0 fully saturated rings. The van der Waals surface area contributed by atoms with Gasteiger partial charge in [0.1, 0.15) is 5.75 Å². The van der Waals surface area contributed by atoms with Gasteiger partial charge in [0.2, 0.25) is 6.23 Å². The second-order valence-electron chi connectivity index (χ2n) is 6.45. The zero-order chi connectivity index (χ0) is 18.5. The molecule has 0 aliphatic carbocycles. The van der Waals surface area contributed by atoms with E-state index >= 15 is 0 Å². The van der Waals surface area contributed by atoms with Crippen LogP contribution in [0.2, 0.25) is 5.02 Å². The van der Waals surface area contributed by atoms with E-state index in [9.17, 15) is 8.78 Å². The number of benzene rings is 2. The number of nitrogens with zero attached hydrogens (tertiary/aromatic N) is 2. The number of ether oxygens (including phenoxy) is 1. The van der Waals surface area contributed by atoms with Crippen molar-refractivity contribution < 1.29 is 13.5 Å². The van der Waals surface area contributed by atoms with Gasteiger partial charge in [-0.25, -0.2) is 13.8 Å². The molecule has 0 spiro atoms. The van der Waals surface area contributed by atoms with E-state index in [1.807, 2.05) is 34.7 Å². The van der Waals surface area contributed by atoms with Crippen molar-refractivity contribution in [3.05, 3.63) is 86.6 Å². The molecule has 3 aromatic rings. The fourth-order valence-electron chi connectivity index (χ4n) is 3.54. The van der Waals surface area contributed by atoms with E-state index in [1.54, 1.807) is 17.4 Å². The minimum atomic E-state index is -0.906. The molecule has 27 heavy (non-hydrogen) atoms. The van der Waals surface area contributed by atoms with Crippen LogP contribution in [0.15, 0.2) is 59.0 Å². The van der Waals surface area contributed by atoms with Crippen LogP contribution in [0, 0.1) is 11.6 Å². The highest BCUT2D eigenvalue weighted by Gasteiger charge is 2.41. The Kier molecular flexibility index (Phi) is 3.91. The topological polar surface area (TPSA) is 24.8 Å². The highest BCUT2D eigenvalue weighted by molar-refractivity contribution is 7.12. The molecule has 0 saturated heterocycles. The molecule has 3 heterocycles. The lowest BCUT2D eigenvalue weighted by Gasteiger charge is -2.38. The van der Waals surface area contributed by atoms with Crippen LogP contribution in [0.1, 0.15) is 34.7 Å². The first-order valence-electron chi connectivity index (χ1n) is 8.41. The molecule has 3 nitrogen and oxygen atoms in total. The fraction of sp³-hybridized carbons (Fsp3) is 0.150. The summed E-state index contributed by atoms with van der Waals surface area (Å²) < 4.78 is 33.3. The van der Waals surface area contributed by atoms with E-state index in [4.69, 9.17) is 21.4 Å². The van der Waals surface area contributed by atoms with Crippen molar-refractivity contribution in [2.75, 3.05) is 0 Å². The van der Waals surface area contributed by atoms with Crippen LogP contribution in [0.3, 0.4) is 0 Å². The van der Waals surface area contributed by atoms with Gasteiger partial charge in [-0.05, 0) is 41.8 Å². The van der Waals surface area contributed by atoms with Crippen LogP contribution in [0.5, 0.6) is 5.75 Å². The first-order chi connectivity index (χ1) is 13.1. The maximum atomic E-state index is 13.8. The maximum absolute atomic E-state index is 13.8. The van der Waals surface area contributed by atoms with Crippen molar-refractivity contribution in [2.24, 2.45) is 5.10 Å². The number of hydrogen-bond acceptors (Lipinski definition) is 4. The number of hydrazone groups is 1. The number of halogens is 3. The normalized spacial score (nSPS) is 20.7. The zero-order valence-corrected chi connectivity index (χ0v) is 15.5. The van der Waals surface area contributed by atoms with E-state index in [1.165, 1.54) is 6.07 Å². The van der Waals surface area contributed by atoms with Gasteiger partial charge >= 0.3 is 0 Å². The van der Waals surface area contributed by atoms with Crippen molar-refractivity contribution in [1.82, 2.24) is 5.01 Å². The van der Waals surface area contributed by atoms with Crippen molar-refractivity contribution in [3.8, 4) is 5.75 Å². The second-order valence-corrected chi connectivity index (χ2v) is 7.83. The Balaban J connectivity index is 1.62. The molecule has 0 saturated carbocycles. The largest absolute Gasteiger partial charge is 0.464 e. The third-order valence-electron chi connectivity index (χ3n) is 4.79. The highest BCUT2D eigenvalue weighted by atomic mass is 35.5. The summed E-state index contributed by atoms with van der Waals surface area (Å²) in [5.74, 6) is -1.11. The Morgan fingerprint density at radius 2 is 2.00 bits per heavy atom. The molecule has 1 aromatic heterocycles. The summed E-state index contributed by atoms with van der Waals surface area (Å²) in [5.41, 5.74) is 2.39. The second kappa shape index (κ2) is 6.32. The summed E-state index contributed by atoms with van der Waals surface area (Å²) >= 11 is 7.81. The monoisotopic (exact) mass is 402 g/mol. The van der Waals surface area contributed by atoms with Gasteiger partial charge in [0.05, 0.1) is 16.6 Å². The third-order valence-corrected chi connectivity index (χ3v) is 5.94. The smallest absolute Gasteiger partial charge is 0.213 e. The van der Waals surface area contributed by atoms with Gasteiger partial charge in [0.15, 0.2) is 11.6 Å². The van der Waals surface area contributed by atoms with E-state index < -0.39 is 17.9 Å². The molecule has 0 N–H and O–H groups in total. The van der Waals surface area contributed by atoms with E-state index in [0.717, 1.165) is 28.3 Å². The quantitative estimate of drug-likeness (QED) is 0.531. The van der Waals surface area contributed by atoms with E-state index in [-0.39, 0.29) is 6.04 Å². The molecule has 2 aliphatic heterocycles. The minimum Gasteiger partial charge on any atom is -0.464 e. The predicted octanol–water partition coefficient (Wildman–Crippen LogP) is 5.92. The first-order valence-corrected chi connectivity index (χ1v) is 9.66. The Hall–Kier alpha value is -2.44. The summed E-state index contributed by atoms with van der Waals surface area (Å²) in [4.78, 5) is 1.08. The van der Waals surface area contributed by atoms with Gasteiger partial charge in [-0.2, -0.15) is 5.10 Å². The summed E-state index contributed by atoms with van der Waals surface area (Å²) in [5, 5.41) is 9.21. The molecule has 7 heteroatoms. The SMILES string of the molecule is Fc1ccc([C@@H]2Oc3ccc(Cl)cc3[C@H]3CC(c4cccs4)=NN32)cc1F. The molecule has 2 atom stereocenters. The van der Waals surface area contributed by atoms with Crippen molar-refractivity contribution in [1.29, 1.82) is 0 Å². The average molecular weight is 403 g/mol. The van der Waals surface area contributed by atoms with Crippen LogP contribution in [-0.4, -0.2) is 10.7 Å². The zero-order valence-electron chi connectivity index (χ0n) is 13.9. The van der Waals surface area contributed by atoms with Crippen molar-refractivity contribution >= 4 is 28.6 Å². The number of fused-ring (bicyclic) bond motifs is 3. The lowest BCUT2D eigenvalue weighted by molar-refractivity contribution is -0.0192.